The van der Waals surface area contributed by atoms with Crippen LogP contribution in [0.15, 0.2) is 12.1 Å². The Morgan fingerprint density at radius 1 is 1.42 bits per heavy atom. The van der Waals surface area contributed by atoms with Crippen LogP contribution in [0.3, 0.4) is 0 Å². The summed E-state index contributed by atoms with van der Waals surface area (Å²) in [6.07, 6.45) is 0.0445. The predicted octanol–water partition coefficient (Wildman–Crippen LogP) is 3.38. The van der Waals surface area contributed by atoms with Crippen LogP contribution in [0, 0.1) is 0 Å². The zero-order valence-corrected chi connectivity index (χ0v) is 12.4. The lowest BCUT2D eigenvalue weighted by Gasteiger charge is -2.27. The van der Waals surface area contributed by atoms with E-state index in [1.807, 2.05) is 18.7 Å². The molecule has 0 saturated heterocycles. The van der Waals surface area contributed by atoms with Crippen molar-refractivity contribution in [3.8, 4) is 5.75 Å². The van der Waals surface area contributed by atoms with Crippen LogP contribution in [-0.2, 0) is 11.3 Å². The van der Waals surface area contributed by atoms with Crippen molar-refractivity contribution < 1.29 is 15.0 Å². The first-order valence-corrected chi connectivity index (χ1v) is 6.73. The molecule has 0 saturated carbocycles. The van der Waals surface area contributed by atoms with Crippen molar-refractivity contribution in [1.82, 2.24) is 4.90 Å². The fraction of sp³-hybridized carbons (Fsp3) is 0.462. The third kappa shape index (κ3) is 4.56. The molecule has 2 N–H and O–H groups in total. The maximum atomic E-state index is 10.7. The third-order valence-corrected chi connectivity index (χ3v) is 3.49. The van der Waals surface area contributed by atoms with Gasteiger partial charge < -0.3 is 10.2 Å². The molecule has 0 spiro atoms. The highest BCUT2D eigenvalue weighted by atomic mass is 35.5. The summed E-state index contributed by atoms with van der Waals surface area (Å²) in [5.41, 5.74) is 0.594. The van der Waals surface area contributed by atoms with Gasteiger partial charge in [0, 0.05) is 23.2 Å². The molecule has 0 aromatic heterocycles. The zero-order chi connectivity index (χ0) is 14.6. The Labute approximate surface area is 122 Å². The van der Waals surface area contributed by atoms with E-state index in [4.69, 9.17) is 28.3 Å². The van der Waals surface area contributed by atoms with Crippen molar-refractivity contribution in [1.29, 1.82) is 0 Å². The largest absolute Gasteiger partial charge is 0.506 e. The SMILES string of the molecule is CCN(Cc1cc(Cl)cc(Cl)c1O)C(C)CC(=O)O. The topological polar surface area (TPSA) is 60.8 Å². The lowest BCUT2D eigenvalue weighted by molar-refractivity contribution is -0.138. The van der Waals surface area contributed by atoms with Gasteiger partial charge in [0.1, 0.15) is 5.75 Å². The van der Waals surface area contributed by atoms with Gasteiger partial charge in [-0.05, 0) is 25.6 Å². The van der Waals surface area contributed by atoms with E-state index in [9.17, 15) is 9.90 Å². The van der Waals surface area contributed by atoms with Gasteiger partial charge in [-0.3, -0.25) is 9.69 Å². The predicted molar refractivity (Wildman–Crippen MR) is 75.9 cm³/mol. The molecule has 1 rings (SSSR count). The fourth-order valence-electron chi connectivity index (χ4n) is 1.92. The molecule has 1 aromatic carbocycles. The van der Waals surface area contributed by atoms with Crippen molar-refractivity contribution >= 4 is 29.2 Å². The van der Waals surface area contributed by atoms with Crippen LogP contribution in [-0.4, -0.2) is 33.7 Å². The van der Waals surface area contributed by atoms with Gasteiger partial charge >= 0.3 is 5.97 Å². The molecular formula is C13H17Cl2NO3. The van der Waals surface area contributed by atoms with E-state index in [0.29, 0.717) is 23.7 Å². The van der Waals surface area contributed by atoms with Gasteiger partial charge in [-0.15, -0.1) is 0 Å². The van der Waals surface area contributed by atoms with Crippen molar-refractivity contribution in [3.63, 3.8) is 0 Å². The van der Waals surface area contributed by atoms with Gasteiger partial charge in [0.05, 0.1) is 11.4 Å². The maximum Gasteiger partial charge on any atom is 0.304 e. The molecule has 0 amide bonds. The number of phenolic OH excluding ortho intramolecular Hbond substituents is 1. The minimum Gasteiger partial charge on any atom is -0.506 e. The summed E-state index contributed by atoms with van der Waals surface area (Å²) in [5, 5.41) is 19.4. The number of rotatable bonds is 6. The lowest BCUT2D eigenvalue weighted by atomic mass is 10.1. The molecule has 0 aliphatic rings. The van der Waals surface area contributed by atoms with Gasteiger partial charge in [-0.2, -0.15) is 0 Å². The van der Waals surface area contributed by atoms with Gasteiger partial charge in [0.2, 0.25) is 0 Å². The van der Waals surface area contributed by atoms with Crippen LogP contribution in [0.5, 0.6) is 5.75 Å². The third-order valence-electron chi connectivity index (χ3n) is 2.98. The van der Waals surface area contributed by atoms with Gasteiger partial charge in [-0.1, -0.05) is 30.1 Å². The average molecular weight is 306 g/mol. The van der Waals surface area contributed by atoms with Crippen molar-refractivity contribution in [2.24, 2.45) is 0 Å². The second kappa shape index (κ2) is 6.98. The normalized spacial score (nSPS) is 12.7. The number of benzene rings is 1. The monoisotopic (exact) mass is 305 g/mol. The molecule has 19 heavy (non-hydrogen) atoms. The highest BCUT2D eigenvalue weighted by Gasteiger charge is 2.18. The van der Waals surface area contributed by atoms with Crippen molar-refractivity contribution in [2.75, 3.05) is 6.54 Å². The van der Waals surface area contributed by atoms with E-state index in [2.05, 4.69) is 0 Å². The van der Waals surface area contributed by atoms with Gasteiger partial charge in [0.15, 0.2) is 0 Å². The molecule has 1 unspecified atom stereocenters. The molecule has 4 nitrogen and oxygen atoms in total. The number of aromatic hydroxyl groups is 1. The molecule has 0 radical (unpaired) electrons. The van der Waals surface area contributed by atoms with Gasteiger partial charge in [0.25, 0.3) is 0 Å². The van der Waals surface area contributed by atoms with Crippen molar-refractivity contribution in [2.45, 2.75) is 32.9 Å². The molecule has 0 aliphatic carbocycles. The number of hydrogen-bond donors (Lipinski definition) is 2. The molecule has 0 aliphatic heterocycles. The molecule has 0 fully saturated rings. The lowest BCUT2D eigenvalue weighted by Crippen LogP contribution is -2.34. The number of nitrogens with zero attached hydrogens (tertiary/aromatic N) is 1. The number of hydrogen-bond acceptors (Lipinski definition) is 3. The zero-order valence-electron chi connectivity index (χ0n) is 10.9. The number of aliphatic carboxylic acids is 1. The number of phenols is 1. The first-order valence-electron chi connectivity index (χ1n) is 5.97. The summed E-state index contributed by atoms with van der Waals surface area (Å²) in [6, 6.07) is 2.97. The van der Waals surface area contributed by atoms with Crippen molar-refractivity contribution in [3.05, 3.63) is 27.7 Å². The second-order valence-corrected chi connectivity index (χ2v) is 5.25. The second-order valence-electron chi connectivity index (χ2n) is 4.41. The molecule has 1 atom stereocenters. The van der Waals surface area contributed by atoms with E-state index in [1.54, 1.807) is 6.07 Å². The van der Waals surface area contributed by atoms with E-state index in [0.717, 1.165) is 0 Å². The Bertz CT molecular complexity index is 465. The van der Waals surface area contributed by atoms with Crippen LogP contribution in [0.2, 0.25) is 10.0 Å². The smallest absolute Gasteiger partial charge is 0.304 e. The minimum absolute atomic E-state index is 0.00737. The Balaban J connectivity index is 2.89. The van der Waals surface area contributed by atoms with Crippen LogP contribution >= 0.6 is 23.2 Å². The summed E-state index contributed by atoms with van der Waals surface area (Å²) in [4.78, 5) is 12.7. The fourth-order valence-corrected chi connectivity index (χ4v) is 2.46. The summed E-state index contributed by atoms with van der Waals surface area (Å²) < 4.78 is 0. The number of halogens is 2. The number of carbonyl (C=O) groups is 1. The summed E-state index contributed by atoms with van der Waals surface area (Å²) in [7, 11) is 0. The Kier molecular flexibility index (Phi) is 5.91. The van der Waals surface area contributed by atoms with Crippen LogP contribution in [0.1, 0.15) is 25.8 Å². The molecule has 1 aromatic rings. The van der Waals surface area contributed by atoms with E-state index >= 15 is 0 Å². The van der Waals surface area contributed by atoms with E-state index < -0.39 is 5.97 Å². The van der Waals surface area contributed by atoms with E-state index in [-0.39, 0.29) is 23.2 Å². The highest BCUT2D eigenvalue weighted by molar-refractivity contribution is 6.35. The molecule has 0 heterocycles. The summed E-state index contributed by atoms with van der Waals surface area (Å²) >= 11 is 11.8. The quantitative estimate of drug-likeness (QED) is 0.846. The molecule has 0 bridgehead atoms. The van der Waals surface area contributed by atoms with Crippen LogP contribution in [0.25, 0.3) is 0 Å². The minimum atomic E-state index is -0.848. The Hall–Kier alpha value is -0.970. The Morgan fingerprint density at radius 2 is 2.05 bits per heavy atom. The first kappa shape index (κ1) is 16.1. The summed E-state index contributed by atoms with van der Waals surface area (Å²) in [6.45, 7) is 4.83. The Morgan fingerprint density at radius 3 is 2.58 bits per heavy atom. The first-order chi connectivity index (χ1) is 8.85. The molecular weight excluding hydrogens is 289 g/mol. The summed E-state index contributed by atoms with van der Waals surface area (Å²) in [5.74, 6) is -0.855. The average Bonchev–Trinajstić information content (AvgIpc) is 2.30. The van der Waals surface area contributed by atoms with Crippen LogP contribution < -0.4 is 0 Å². The van der Waals surface area contributed by atoms with Gasteiger partial charge in [-0.25, -0.2) is 0 Å². The van der Waals surface area contributed by atoms with E-state index in [1.165, 1.54) is 6.07 Å². The van der Waals surface area contributed by atoms with Crippen LogP contribution in [0.4, 0.5) is 0 Å². The number of carboxylic acids is 1. The molecule has 106 valence electrons. The number of carboxylic acid groups (broad SMARTS) is 1. The maximum absolute atomic E-state index is 10.7. The standard InChI is InChI=1S/C13H17Cl2NO3/c1-3-16(8(2)4-12(17)18)7-9-5-10(14)6-11(15)13(9)19/h5-6,8,19H,3-4,7H2,1-2H3,(H,17,18). The highest BCUT2D eigenvalue weighted by Crippen LogP contribution is 2.32. The molecule has 6 heteroatoms.